The molecule has 4 aliphatic rings. The predicted octanol–water partition coefficient (Wildman–Crippen LogP) is 4.25. The Kier molecular flexibility index (Phi) is 5.97. The normalized spacial score (nSPS) is 27.9. The third-order valence-electron chi connectivity index (χ3n) is 8.24. The van der Waals surface area contributed by atoms with Gasteiger partial charge < -0.3 is 10.6 Å². The average molecular weight is 493 g/mol. The molecule has 2 aromatic carbocycles. The zero-order valence-electron chi connectivity index (χ0n) is 19.8. The number of para-hydroxylation sites is 2. The standard InChI is InChI=1S/C26H28N4O6/c31-23(19-5-1-3-7-21(19)29(33)34)27-15-25-10-17-9-18(11-25)13-26(12-17,14-25)16-28-24(32)20-6-2-4-8-22(20)30(35)36/h1-8,17-18H,9-16H2,(H,27,31)(H,28,32). The smallest absolute Gasteiger partial charge is 0.282 e. The minimum atomic E-state index is -0.547. The number of nitro benzene ring substituents is 2. The molecule has 4 saturated carbocycles. The summed E-state index contributed by atoms with van der Waals surface area (Å²) in [5.41, 5.74) is -0.554. The number of nitrogens with one attached hydrogen (secondary N) is 2. The molecule has 0 spiro atoms. The van der Waals surface area contributed by atoms with Crippen molar-refractivity contribution in [2.24, 2.45) is 22.7 Å². The summed E-state index contributed by atoms with van der Waals surface area (Å²) in [4.78, 5) is 47.3. The van der Waals surface area contributed by atoms with Gasteiger partial charge in [-0.1, -0.05) is 24.3 Å². The summed E-state index contributed by atoms with van der Waals surface area (Å²) in [5, 5.41) is 28.6. The number of hydrogen-bond acceptors (Lipinski definition) is 6. The van der Waals surface area contributed by atoms with Gasteiger partial charge in [0.1, 0.15) is 11.1 Å². The zero-order valence-corrected chi connectivity index (χ0v) is 19.8. The molecule has 0 heterocycles. The molecule has 2 aromatic rings. The Balaban J connectivity index is 1.29. The fourth-order valence-corrected chi connectivity index (χ4v) is 7.44. The van der Waals surface area contributed by atoms with Crippen molar-refractivity contribution >= 4 is 23.2 Å². The molecule has 0 unspecified atom stereocenters. The lowest BCUT2D eigenvalue weighted by molar-refractivity contribution is -0.385. The summed E-state index contributed by atoms with van der Waals surface area (Å²) in [6.45, 7) is 0.871. The van der Waals surface area contributed by atoms with E-state index in [9.17, 15) is 29.8 Å². The highest BCUT2D eigenvalue weighted by atomic mass is 16.6. The van der Waals surface area contributed by atoms with E-state index in [1.807, 2.05) is 0 Å². The molecule has 0 aromatic heterocycles. The van der Waals surface area contributed by atoms with Crippen LogP contribution in [0.2, 0.25) is 0 Å². The predicted molar refractivity (Wildman–Crippen MR) is 130 cm³/mol. The van der Waals surface area contributed by atoms with E-state index in [2.05, 4.69) is 10.6 Å². The van der Waals surface area contributed by atoms with Crippen LogP contribution in [0.5, 0.6) is 0 Å². The first kappa shape index (κ1) is 23.9. The molecule has 36 heavy (non-hydrogen) atoms. The molecule has 10 heteroatoms. The van der Waals surface area contributed by atoms with Crippen LogP contribution >= 0.6 is 0 Å². The number of benzene rings is 2. The first-order valence-corrected chi connectivity index (χ1v) is 12.2. The summed E-state index contributed by atoms with van der Waals surface area (Å²) in [5.74, 6) is 0.0999. The third kappa shape index (κ3) is 4.43. The van der Waals surface area contributed by atoms with Gasteiger partial charge in [0, 0.05) is 25.2 Å². The van der Waals surface area contributed by atoms with Gasteiger partial charge in [0.25, 0.3) is 23.2 Å². The van der Waals surface area contributed by atoms with E-state index in [1.165, 1.54) is 36.4 Å². The number of carbonyl (C=O) groups excluding carboxylic acids is 2. The highest BCUT2D eigenvalue weighted by Crippen LogP contribution is 2.64. The maximum absolute atomic E-state index is 12.9. The van der Waals surface area contributed by atoms with Crippen molar-refractivity contribution in [3.63, 3.8) is 0 Å². The van der Waals surface area contributed by atoms with E-state index in [0.717, 1.165) is 38.5 Å². The Bertz CT molecular complexity index is 1140. The highest BCUT2D eigenvalue weighted by Gasteiger charge is 2.57. The molecule has 4 fully saturated rings. The molecule has 0 atom stereocenters. The largest absolute Gasteiger partial charge is 0.351 e. The molecule has 188 valence electrons. The lowest BCUT2D eigenvalue weighted by atomic mass is 9.44. The Morgan fingerprint density at radius 2 is 1.14 bits per heavy atom. The Morgan fingerprint density at radius 3 is 1.53 bits per heavy atom. The number of amides is 2. The number of carbonyl (C=O) groups is 2. The summed E-state index contributed by atoms with van der Waals surface area (Å²) in [7, 11) is 0. The van der Waals surface area contributed by atoms with Crippen LogP contribution in [0.4, 0.5) is 11.4 Å². The quantitative estimate of drug-likeness (QED) is 0.416. The number of rotatable bonds is 8. The van der Waals surface area contributed by atoms with Crippen molar-refractivity contribution in [3.8, 4) is 0 Å². The van der Waals surface area contributed by atoms with E-state index in [-0.39, 0.29) is 33.3 Å². The van der Waals surface area contributed by atoms with Crippen molar-refractivity contribution in [3.05, 3.63) is 79.9 Å². The Labute approximate surface area is 207 Å². The van der Waals surface area contributed by atoms with Crippen molar-refractivity contribution in [2.45, 2.75) is 38.5 Å². The third-order valence-corrected chi connectivity index (χ3v) is 8.24. The second kappa shape index (κ2) is 9.00. The van der Waals surface area contributed by atoms with Crippen LogP contribution in [-0.4, -0.2) is 34.8 Å². The topological polar surface area (TPSA) is 144 Å². The van der Waals surface area contributed by atoms with E-state index in [1.54, 1.807) is 12.1 Å². The summed E-state index contributed by atoms with van der Waals surface area (Å²) >= 11 is 0. The lowest BCUT2D eigenvalue weighted by Crippen LogP contribution is -2.58. The summed E-state index contributed by atoms with van der Waals surface area (Å²) in [6.07, 6.45) is 5.92. The lowest BCUT2D eigenvalue weighted by Gasteiger charge is -2.62. The average Bonchev–Trinajstić information content (AvgIpc) is 2.85. The molecule has 4 bridgehead atoms. The van der Waals surface area contributed by atoms with Gasteiger partial charge >= 0.3 is 0 Å². The molecule has 0 radical (unpaired) electrons. The van der Waals surface area contributed by atoms with Gasteiger partial charge in [0.2, 0.25) is 0 Å². The van der Waals surface area contributed by atoms with Gasteiger partial charge in [-0.15, -0.1) is 0 Å². The summed E-state index contributed by atoms with van der Waals surface area (Å²) in [6, 6.07) is 11.9. The van der Waals surface area contributed by atoms with Gasteiger partial charge in [-0.05, 0) is 73.3 Å². The molecular weight excluding hydrogens is 464 g/mol. The monoisotopic (exact) mass is 492 g/mol. The number of nitrogens with zero attached hydrogens (tertiary/aromatic N) is 2. The SMILES string of the molecule is O=C(NCC12CC3CC(C1)CC(CNC(=O)c1ccccc1[N+](=O)[O-])(C3)C2)c1ccccc1[N+](=O)[O-]. The maximum Gasteiger partial charge on any atom is 0.282 e. The van der Waals surface area contributed by atoms with Crippen molar-refractivity contribution < 1.29 is 19.4 Å². The van der Waals surface area contributed by atoms with E-state index in [4.69, 9.17) is 0 Å². The minimum absolute atomic E-state index is 0.0543. The fraction of sp³-hybridized carbons (Fsp3) is 0.462. The Hall–Kier alpha value is -3.82. The zero-order chi connectivity index (χ0) is 25.5. The molecule has 10 nitrogen and oxygen atoms in total. The first-order chi connectivity index (χ1) is 17.2. The van der Waals surface area contributed by atoms with Gasteiger partial charge in [-0.2, -0.15) is 0 Å². The maximum atomic E-state index is 12.9. The van der Waals surface area contributed by atoms with Gasteiger partial charge in [0.15, 0.2) is 0 Å². The van der Waals surface area contributed by atoms with Crippen LogP contribution in [0.25, 0.3) is 0 Å². The van der Waals surface area contributed by atoms with Crippen LogP contribution in [0.3, 0.4) is 0 Å². The molecule has 0 aliphatic heterocycles. The molecule has 0 saturated heterocycles. The van der Waals surface area contributed by atoms with Gasteiger partial charge in [-0.25, -0.2) is 0 Å². The van der Waals surface area contributed by atoms with Crippen molar-refractivity contribution in [1.29, 1.82) is 0 Å². The van der Waals surface area contributed by atoms with E-state index < -0.39 is 21.7 Å². The van der Waals surface area contributed by atoms with Crippen LogP contribution in [0.1, 0.15) is 59.2 Å². The summed E-state index contributed by atoms with van der Waals surface area (Å²) < 4.78 is 0. The van der Waals surface area contributed by atoms with E-state index in [0.29, 0.717) is 24.9 Å². The molecule has 2 amide bonds. The molecule has 4 aliphatic carbocycles. The van der Waals surface area contributed by atoms with Crippen LogP contribution < -0.4 is 10.6 Å². The van der Waals surface area contributed by atoms with Crippen molar-refractivity contribution in [2.75, 3.05) is 13.1 Å². The highest BCUT2D eigenvalue weighted by molar-refractivity contribution is 5.98. The van der Waals surface area contributed by atoms with Crippen LogP contribution in [-0.2, 0) is 0 Å². The fourth-order valence-electron chi connectivity index (χ4n) is 7.44. The van der Waals surface area contributed by atoms with Gasteiger partial charge in [0.05, 0.1) is 9.85 Å². The molecular formula is C26H28N4O6. The van der Waals surface area contributed by atoms with Crippen LogP contribution in [0, 0.1) is 42.9 Å². The van der Waals surface area contributed by atoms with Gasteiger partial charge in [-0.3, -0.25) is 29.8 Å². The number of nitro groups is 2. The van der Waals surface area contributed by atoms with Crippen LogP contribution in [0.15, 0.2) is 48.5 Å². The van der Waals surface area contributed by atoms with E-state index >= 15 is 0 Å². The minimum Gasteiger partial charge on any atom is -0.351 e. The number of hydrogen-bond donors (Lipinski definition) is 2. The second-order valence-electron chi connectivity index (χ2n) is 10.9. The van der Waals surface area contributed by atoms with Crippen molar-refractivity contribution in [1.82, 2.24) is 10.6 Å². The Morgan fingerprint density at radius 1 is 0.750 bits per heavy atom. The molecule has 6 rings (SSSR count). The first-order valence-electron chi connectivity index (χ1n) is 12.2. The second-order valence-corrected chi connectivity index (χ2v) is 10.9. The molecule has 2 N–H and O–H groups in total.